The molecule has 2 aromatic heterocycles. The second-order valence-corrected chi connectivity index (χ2v) is 14.0. The van der Waals surface area contributed by atoms with E-state index in [1.165, 1.54) is 37.8 Å². The highest BCUT2D eigenvalue weighted by Gasteiger charge is 2.24. The first-order valence-corrected chi connectivity index (χ1v) is 18.6. The summed E-state index contributed by atoms with van der Waals surface area (Å²) >= 11 is 0. The standard InChI is InChI=1S/C51H32N4/c1-4-16-33(17-5-1)43-32-45(51-53-49(35-19-6-2-7-20-35)52-50(54-51)36-21-8-3-9-22-36)40-26-14-15-27-41(40)48(43)55-46-31-38-24-11-10-23-37(38)30-44(46)42-29-28-34-18-12-13-25-39(34)47(42)55/h1-32H. The maximum absolute atomic E-state index is 5.22. The van der Waals surface area contributed by atoms with Gasteiger partial charge in [0.1, 0.15) is 0 Å². The number of hydrogen-bond acceptors (Lipinski definition) is 3. The summed E-state index contributed by atoms with van der Waals surface area (Å²) in [5.41, 5.74) is 8.52. The Labute approximate surface area is 317 Å². The lowest BCUT2D eigenvalue weighted by atomic mass is 9.93. The molecule has 0 aliphatic heterocycles. The molecule has 0 unspecified atom stereocenters. The van der Waals surface area contributed by atoms with Crippen LogP contribution in [0.15, 0.2) is 194 Å². The Morgan fingerprint density at radius 1 is 0.309 bits per heavy atom. The van der Waals surface area contributed by atoms with Gasteiger partial charge in [-0.25, -0.2) is 15.0 Å². The van der Waals surface area contributed by atoms with Crippen LogP contribution in [0, 0.1) is 0 Å². The Morgan fingerprint density at radius 3 is 1.47 bits per heavy atom. The summed E-state index contributed by atoms with van der Waals surface area (Å²) in [4.78, 5) is 15.5. The van der Waals surface area contributed by atoms with Crippen LogP contribution in [0.25, 0.3) is 105 Å². The van der Waals surface area contributed by atoms with Gasteiger partial charge in [0.15, 0.2) is 17.5 Å². The fourth-order valence-electron chi connectivity index (χ4n) is 8.25. The van der Waals surface area contributed by atoms with Gasteiger partial charge in [-0.1, -0.05) is 176 Å². The average molecular weight is 701 g/mol. The zero-order valence-electron chi connectivity index (χ0n) is 29.8. The zero-order chi connectivity index (χ0) is 36.3. The smallest absolute Gasteiger partial charge is 0.164 e. The Kier molecular flexibility index (Phi) is 7.14. The van der Waals surface area contributed by atoms with E-state index in [9.17, 15) is 0 Å². The van der Waals surface area contributed by atoms with E-state index < -0.39 is 0 Å². The maximum Gasteiger partial charge on any atom is 0.164 e. The van der Waals surface area contributed by atoms with E-state index >= 15 is 0 Å². The summed E-state index contributed by atoms with van der Waals surface area (Å²) < 4.78 is 2.52. The molecular weight excluding hydrogens is 669 g/mol. The second kappa shape index (κ2) is 12.6. The molecule has 9 aromatic carbocycles. The first-order valence-electron chi connectivity index (χ1n) is 18.6. The lowest BCUT2D eigenvalue weighted by Crippen LogP contribution is -2.03. The van der Waals surface area contributed by atoms with E-state index in [1.807, 2.05) is 36.4 Å². The van der Waals surface area contributed by atoms with Crippen molar-refractivity contribution in [2.75, 3.05) is 0 Å². The molecule has 0 amide bonds. The Balaban J connectivity index is 1.30. The van der Waals surface area contributed by atoms with Gasteiger partial charge in [0.05, 0.1) is 16.7 Å². The fraction of sp³-hybridized carbons (Fsp3) is 0. The third kappa shape index (κ3) is 5.11. The van der Waals surface area contributed by atoms with Gasteiger partial charge < -0.3 is 4.57 Å². The molecule has 2 heterocycles. The summed E-state index contributed by atoms with van der Waals surface area (Å²) in [6, 6.07) is 68.8. The van der Waals surface area contributed by atoms with Gasteiger partial charge in [0.2, 0.25) is 0 Å². The van der Waals surface area contributed by atoms with Crippen molar-refractivity contribution in [3.8, 4) is 51.0 Å². The molecule has 0 N–H and O–H groups in total. The van der Waals surface area contributed by atoms with Gasteiger partial charge in [-0.2, -0.15) is 0 Å². The third-order valence-electron chi connectivity index (χ3n) is 10.8. The lowest BCUT2D eigenvalue weighted by Gasteiger charge is -2.20. The molecule has 55 heavy (non-hydrogen) atoms. The minimum atomic E-state index is 0.631. The minimum Gasteiger partial charge on any atom is -0.307 e. The first kappa shape index (κ1) is 31.1. The quantitative estimate of drug-likeness (QED) is 0.179. The van der Waals surface area contributed by atoms with Gasteiger partial charge in [0, 0.05) is 43.8 Å². The Morgan fingerprint density at radius 2 is 0.818 bits per heavy atom. The van der Waals surface area contributed by atoms with Crippen LogP contribution in [0.2, 0.25) is 0 Å². The van der Waals surface area contributed by atoms with E-state index in [4.69, 9.17) is 15.0 Å². The molecule has 4 nitrogen and oxygen atoms in total. The number of benzene rings is 9. The predicted molar refractivity (Wildman–Crippen MR) is 228 cm³/mol. The second-order valence-electron chi connectivity index (χ2n) is 14.0. The number of rotatable bonds is 5. The van der Waals surface area contributed by atoms with Crippen LogP contribution in [-0.2, 0) is 0 Å². The molecule has 0 spiro atoms. The van der Waals surface area contributed by atoms with Gasteiger partial charge >= 0.3 is 0 Å². The van der Waals surface area contributed by atoms with Crippen LogP contribution in [0.3, 0.4) is 0 Å². The van der Waals surface area contributed by atoms with E-state index in [1.54, 1.807) is 0 Å². The van der Waals surface area contributed by atoms with Crippen LogP contribution < -0.4 is 0 Å². The summed E-state index contributed by atoms with van der Waals surface area (Å²) in [6.07, 6.45) is 0. The topological polar surface area (TPSA) is 43.6 Å². The first-order chi connectivity index (χ1) is 27.3. The molecule has 0 aliphatic carbocycles. The summed E-state index contributed by atoms with van der Waals surface area (Å²) in [5, 5.41) is 9.48. The number of nitrogens with zero attached hydrogens (tertiary/aromatic N) is 4. The zero-order valence-corrected chi connectivity index (χ0v) is 29.8. The average Bonchev–Trinajstić information content (AvgIpc) is 3.58. The minimum absolute atomic E-state index is 0.631. The molecule has 0 atom stereocenters. The highest BCUT2D eigenvalue weighted by atomic mass is 15.0. The van der Waals surface area contributed by atoms with Crippen molar-refractivity contribution in [2.24, 2.45) is 0 Å². The summed E-state index contributed by atoms with van der Waals surface area (Å²) in [5.74, 6) is 1.91. The van der Waals surface area contributed by atoms with Crippen molar-refractivity contribution < 1.29 is 0 Å². The molecule has 0 bridgehead atoms. The monoisotopic (exact) mass is 700 g/mol. The predicted octanol–water partition coefficient (Wildman–Crippen LogP) is 13.1. The van der Waals surface area contributed by atoms with Crippen molar-refractivity contribution in [3.05, 3.63) is 194 Å². The van der Waals surface area contributed by atoms with Gasteiger partial charge in [-0.05, 0) is 45.3 Å². The van der Waals surface area contributed by atoms with E-state index in [-0.39, 0.29) is 0 Å². The molecule has 11 aromatic rings. The molecule has 0 radical (unpaired) electrons. The molecule has 11 rings (SSSR count). The maximum atomic E-state index is 5.22. The molecule has 0 fully saturated rings. The molecular formula is C51H32N4. The SMILES string of the molecule is c1ccc(-c2nc(-c3ccccc3)nc(-c3cc(-c4ccccc4)c(-n4c5cc6ccccc6cc5c5ccc6ccccc6c54)c4ccccc34)n2)cc1. The van der Waals surface area contributed by atoms with Crippen molar-refractivity contribution >= 4 is 54.1 Å². The van der Waals surface area contributed by atoms with Gasteiger partial charge in [-0.3, -0.25) is 0 Å². The van der Waals surface area contributed by atoms with E-state index in [0.717, 1.165) is 49.8 Å². The van der Waals surface area contributed by atoms with Crippen molar-refractivity contribution in [3.63, 3.8) is 0 Å². The van der Waals surface area contributed by atoms with Crippen LogP contribution in [0.5, 0.6) is 0 Å². The number of aromatic nitrogens is 4. The molecule has 0 saturated carbocycles. The largest absolute Gasteiger partial charge is 0.307 e. The van der Waals surface area contributed by atoms with Crippen LogP contribution in [-0.4, -0.2) is 19.5 Å². The molecule has 256 valence electrons. The van der Waals surface area contributed by atoms with Crippen LogP contribution in [0.4, 0.5) is 0 Å². The Bertz CT molecular complexity index is 3180. The van der Waals surface area contributed by atoms with Gasteiger partial charge in [-0.15, -0.1) is 0 Å². The van der Waals surface area contributed by atoms with E-state index in [0.29, 0.717) is 17.5 Å². The molecule has 4 heteroatoms. The van der Waals surface area contributed by atoms with Crippen molar-refractivity contribution in [1.82, 2.24) is 19.5 Å². The van der Waals surface area contributed by atoms with Crippen LogP contribution >= 0.6 is 0 Å². The fourth-order valence-corrected chi connectivity index (χ4v) is 8.25. The molecule has 0 aliphatic rings. The van der Waals surface area contributed by atoms with Crippen molar-refractivity contribution in [1.29, 1.82) is 0 Å². The number of fused-ring (bicyclic) bond motifs is 7. The van der Waals surface area contributed by atoms with Crippen molar-refractivity contribution in [2.45, 2.75) is 0 Å². The molecule has 0 saturated heterocycles. The summed E-state index contributed by atoms with van der Waals surface area (Å²) in [6.45, 7) is 0. The number of hydrogen-bond donors (Lipinski definition) is 0. The highest BCUT2D eigenvalue weighted by molar-refractivity contribution is 6.22. The highest BCUT2D eigenvalue weighted by Crippen LogP contribution is 2.45. The lowest BCUT2D eigenvalue weighted by molar-refractivity contribution is 1.08. The third-order valence-corrected chi connectivity index (χ3v) is 10.8. The van der Waals surface area contributed by atoms with E-state index in [2.05, 4.69) is 162 Å². The normalized spacial score (nSPS) is 11.6. The van der Waals surface area contributed by atoms with Gasteiger partial charge in [0.25, 0.3) is 0 Å². The summed E-state index contributed by atoms with van der Waals surface area (Å²) in [7, 11) is 0. The Hall–Kier alpha value is -7.43. The van der Waals surface area contributed by atoms with Crippen LogP contribution in [0.1, 0.15) is 0 Å².